The fourth-order valence-corrected chi connectivity index (χ4v) is 4.73. The van der Waals surface area contributed by atoms with Crippen LogP contribution in [-0.4, -0.2) is 24.6 Å². The first kappa shape index (κ1) is 20.6. The number of aromatic nitrogens is 4. The molecule has 5 nitrogen and oxygen atoms in total. The van der Waals surface area contributed by atoms with Gasteiger partial charge in [0.05, 0.1) is 28.8 Å². The van der Waals surface area contributed by atoms with E-state index in [-0.39, 0.29) is 0 Å². The molecule has 0 saturated carbocycles. The van der Waals surface area contributed by atoms with E-state index < -0.39 is 5.60 Å². The van der Waals surface area contributed by atoms with Crippen molar-refractivity contribution in [2.24, 2.45) is 7.05 Å². The summed E-state index contributed by atoms with van der Waals surface area (Å²) in [6, 6.07) is 18.7. The lowest BCUT2D eigenvalue weighted by atomic mass is 9.83. The van der Waals surface area contributed by atoms with Crippen LogP contribution in [0.4, 0.5) is 0 Å². The van der Waals surface area contributed by atoms with Crippen LogP contribution in [-0.2, 0) is 12.6 Å². The first-order chi connectivity index (χ1) is 15.5. The van der Waals surface area contributed by atoms with Gasteiger partial charge in [0.2, 0.25) is 0 Å². The second-order valence-electron chi connectivity index (χ2n) is 7.53. The van der Waals surface area contributed by atoms with Crippen molar-refractivity contribution in [1.29, 1.82) is 0 Å². The van der Waals surface area contributed by atoms with Crippen LogP contribution in [0.3, 0.4) is 0 Å². The molecule has 3 heterocycles. The van der Waals surface area contributed by atoms with Gasteiger partial charge >= 0.3 is 0 Å². The highest BCUT2D eigenvalue weighted by Crippen LogP contribution is 2.42. The largest absolute Gasteiger partial charge is 0.374 e. The molecule has 0 fully saturated rings. The second kappa shape index (κ2) is 8.02. The van der Waals surface area contributed by atoms with E-state index in [1.807, 2.05) is 55.6 Å². The van der Waals surface area contributed by atoms with Crippen molar-refractivity contribution in [1.82, 2.24) is 19.5 Å². The van der Waals surface area contributed by atoms with Crippen LogP contribution in [0.15, 0.2) is 85.6 Å². The molecule has 1 atom stereocenters. The number of hydrogen-bond acceptors (Lipinski definition) is 4. The average molecular weight is 461 g/mol. The van der Waals surface area contributed by atoms with E-state index in [1.165, 1.54) is 0 Å². The van der Waals surface area contributed by atoms with Crippen LogP contribution < -0.4 is 0 Å². The van der Waals surface area contributed by atoms with Gasteiger partial charge in [-0.1, -0.05) is 59.6 Å². The van der Waals surface area contributed by atoms with Crippen LogP contribution in [0, 0.1) is 0 Å². The van der Waals surface area contributed by atoms with Gasteiger partial charge in [-0.25, -0.2) is 9.97 Å². The summed E-state index contributed by atoms with van der Waals surface area (Å²) < 4.78 is 1.79. The highest BCUT2D eigenvalue weighted by Gasteiger charge is 2.37. The van der Waals surface area contributed by atoms with Crippen LogP contribution >= 0.6 is 23.2 Å². The average Bonchev–Trinajstić information content (AvgIpc) is 3.26. The predicted molar refractivity (Wildman–Crippen MR) is 127 cm³/mol. The van der Waals surface area contributed by atoms with Gasteiger partial charge in [-0.3, -0.25) is 4.98 Å². The molecular formula is C25H18Cl2N4O. The van der Waals surface area contributed by atoms with E-state index in [2.05, 4.69) is 15.0 Å². The standard InChI is InChI=1S/C25H18Cl2N4O/c1-31-15-29-14-21(31)25(32,17-9-11-28-12-10-17)18-7-8-20-19(13-18)23(26)22(24(27)30-20)16-5-3-2-4-6-16/h2-15,32H,1H3. The molecule has 1 unspecified atom stereocenters. The third-order valence-electron chi connectivity index (χ3n) is 5.64. The molecule has 0 radical (unpaired) electrons. The minimum Gasteiger partial charge on any atom is -0.374 e. The van der Waals surface area contributed by atoms with Gasteiger partial charge < -0.3 is 9.67 Å². The molecule has 0 bridgehead atoms. The van der Waals surface area contributed by atoms with Gasteiger partial charge in [-0.05, 0) is 41.0 Å². The quantitative estimate of drug-likeness (QED) is 0.353. The van der Waals surface area contributed by atoms with Crippen LogP contribution in [0.2, 0.25) is 10.2 Å². The zero-order chi connectivity index (χ0) is 22.3. The Morgan fingerprint density at radius 1 is 0.906 bits per heavy atom. The lowest BCUT2D eigenvalue weighted by Crippen LogP contribution is -2.31. The summed E-state index contributed by atoms with van der Waals surface area (Å²) in [4.78, 5) is 12.9. The maximum atomic E-state index is 12.1. The summed E-state index contributed by atoms with van der Waals surface area (Å²) in [6.07, 6.45) is 6.62. The van der Waals surface area contributed by atoms with Crippen LogP contribution in [0.5, 0.6) is 0 Å². The van der Waals surface area contributed by atoms with E-state index in [0.717, 1.165) is 5.56 Å². The van der Waals surface area contributed by atoms with Crippen LogP contribution in [0.25, 0.3) is 22.0 Å². The zero-order valence-electron chi connectivity index (χ0n) is 17.1. The third kappa shape index (κ3) is 3.26. The molecule has 7 heteroatoms. The van der Waals surface area contributed by atoms with Crippen molar-refractivity contribution in [3.05, 3.63) is 113 Å². The number of rotatable bonds is 4. The number of benzene rings is 2. The minimum atomic E-state index is -1.47. The Kier molecular flexibility index (Phi) is 5.18. The molecule has 32 heavy (non-hydrogen) atoms. The number of fused-ring (bicyclic) bond motifs is 1. The molecule has 0 aliphatic carbocycles. The molecule has 2 aromatic carbocycles. The van der Waals surface area contributed by atoms with E-state index >= 15 is 0 Å². The van der Waals surface area contributed by atoms with Crippen molar-refractivity contribution in [3.63, 3.8) is 0 Å². The Bertz CT molecular complexity index is 1420. The number of aliphatic hydroxyl groups is 1. The van der Waals surface area contributed by atoms with E-state index in [0.29, 0.717) is 43.5 Å². The number of hydrogen-bond donors (Lipinski definition) is 1. The fourth-order valence-electron chi connectivity index (χ4n) is 4.03. The second-order valence-corrected chi connectivity index (χ2v) is 8.26. The molecular weight excluding hydrogens is 443 g/mol. The van der Waals surface area contributed by atoms with E-state index in [1.54, 1.807) is 41.6 Å². The molecule has 1 N–H and O–H groups in total. The van der Waals surface area contributed by atoms with E-state index in [4.69, 9.17) is 23.2 Å². The lowest BCUT2D eigenvalue weighted by molar-refractivity contribution is 0.117. The number of nitrogens with zero attached hydrogens (tertiary/aromatic N) is 4. The van der Waals surface area contributed by atoms with Gasteiger partial charge in [-0.2, -0.15) is 0 Å². The summed E-state index contributed by atoms with van der Waals surface area (Å²) in [5.41, 5.74) is 2.61. The highest BCUT2D eigenvalue weighted by molar-refractivity contribution is 6.42. The molecule has 0 saturated heterocycles. The first-order valence-corrected chi connectivity index (χ1v) is 10.7. The number of aryl methyl sites for hydroxylation is 1. The normalized spacial score (nSPS) is 13.2. The van der Waals surface area contributed by atoms with Gasteiger partial charge in [-0.15, -0.1) is 0 Å². The van der Waals surface area contributed by atoms with Gasteiger partial charge in [0.25, 0.3) is 0 Å². The summed E-state index contributed by atoms with van der Waals surface area (Å²) >= 11 is 13.4. The third-order valence-corrected chi connectivity index (χ3v) is 6.31. The SMILES string of the molecule is Cn1cncc1C(O)(c1ccncc1)c1ccc2nc(Cl)c(-c3ccccc3)c(Cl)c2c1. The van der Waals surface area contributed by atoms with Crippen molar-refractivity contribution >= 4 is 34.1 Å². The Hall–Kier alpha value is -3.25. The molecule has 0 amide bonds. The van der Waals surface area contributed by atoms with Gasteiger partial charge in [0.1, 0.15) is 5.15 Å². The summed E-state index contributed by atoms with van der Waals surface area (Å²) in [5.74, 6) is 0. The Labute approximate surface area is 194 Å². The smallest absolute Gasteiger partial charge is 0.157 e. The zero-order valence-corrected chi connectivity index (χ0v) is 18.6. The first-order valence-electron chi connectivity index (χ1n) is 9.94. The van der Waals surface area contributed by atoms with Crippen molar-refractivity contribution in [2.75, 3.05) is 0 Å². The topological polar surface area (TPSA) is 63.8 Å². The number of imidazole rings is 1. The maximum Gasteiger partial charge on any atom is 0.157 e. The Morgan fingerprint density at radius 3 is 2.34 bits per heavy atom. The molecule has 0 spiro atoms. The monoisotopic (exact) mass is 460 g/mol. The van der Waals surface area contributed by atoms with Gasteiger partial charge in [0, 0.05) is 30.4 Å². The number of halogens is 2. The molecule has 5 rings (SSSR count). The summed E-state index contributed by atoms with van der Waals surface area (Å²) in [5, 5.41) is 13.6. The molecule has 158 valence electrons. The highest BCUT2D eigenvalue weighted by atomic mass is 35.5. The molecule has 3 aromatic heterocycles. The van der Waals surface area contributed by atoms with Crippen molar-refractivity contribution < 1.29 is 5.11 Å². The molecule has 0 aliphatic rings. The summed E-state index contributed by atoms with van der Waals surface area (Å²) in [6.45, 7) is 0. The van der Waals surface area contributed by atoms with Gasteiger partial charge in [0.15, 0.2) is 5.60 Å². The van der Waals surface area contributed by atoms with Crippen molar-refractivity contribution in [3.8, 4) is 11.1 Å². The fraction of sp³-hybridized carbons (Fsp3) is 0.0800. The minimum absolute atomic E-state index is 0.331. The lowest BCUT2D eigenvalue weighted by Gasteiger charge is -2.30. The van der Waals surface area contributed by atoms with E-state index in [9.17, 15) is 5.11 Å². The summed E-state index contributed by atoms with van der Waals surface area (Å²) in [7, 11) is 1.84. The molecule has 5 aromatic rings. The van der Waals surface area contributed by atoms with Crippen LogP contribution in [0.1, 0.15) is 16.8 Å². The predicted octanol–water partition coefficient (Wildman–Crippen LogP) is 5.62. The Balaban J connectivity index is 1.79. The molecule has 0 aliphatic heterocycles. The number of pyridine rings is 2. The Morgan fingerprint density at radius 2 is 1.66 bits per heavy atom. The van der Waals surface area contributed by atoms with Crippen molar-refractivity contribution in [2.45, 2.75) is 5.60 Å². The maximum absolute atomic E-state index is 12.1.